The quantitative estimate of drug-likeness (QED) is 0.822. The number of hydrogen-bond acceptors (Lipinski definition) is 3. The van der Waals surface area contributed by atoms with E-state index in [1.54, 1.807) is 6.20 Å². The zero-order chi connectivity index (χ0) is 12.7. The molecule has 1 amide bonds. The van der Waals surface area contributed by atoms with Crippen LogP contribution in [0.25, 0.3) is 0 Å². The van der Waals surface area contributed by atoms with E-state index in [0.717, 1.165) is 22.9 Å². The zero-order valence-corrected chi connectivity index (χ0v) is 11.7. The molecule has 0 unspecified atom stereocenters. The lowest BCUT2D eigenvalue weighted by Crippen LogP contribution is -2.19. The number of carbonyl (C=O) groups is 1. The topological polar surface area (TPSA) is 51.2 Å². The van der Waals surface area contributed by atoms with Gasteiger partial charge in [0.25, 0.3) is 5.91 Å². The minimum Gasteiger partial charge on any atom is -0.372 e. The summed E-state index contributed by atoms with van der Waals surface area (Å²) in [6, 6.07) is 1.90. The number of hydrogen-bond donors (Lipinski definition) is 1. The van der Waals surface area contributed by atoms with Gasteiger partial charge >= 0.3 is 0 Å². The molecule has 5 heteroatoms. The van der Waals surface area contributed by atoms with Gasteiger partial charge in [-0.25, -0.2) is 4.98 Å². The minimum absolute atomic E-state index is 0.0805. The SMILES string of the molecule is CCCCOCC(=O)Nc1ncc(Br)cc1C. The Hall–Kier alpha value is -0.940. The van der Waals surface area contributed by atoms with Crippen molar-refractivity contribution in [1.29, 1.82) is 0 Å². The summed E-state index contributed by atoms with van der Waals surface area (Å²) < 4.78 is 6.12. The van der Waals surface area contributed by atoms with Gasteiger partial charge in [0.15, 0.2) is 0 Å². The molecule has 0 saturated carbocycles. The molecule has 1 aromatic heterocycles. The second-order valence-electron chi connectivity index (χ2n) is 3.77. The molecule has 1 aromatic rings. The third-order valence-corrected chi connectivity index (χ3v) is 2.61. The number of nitrogens with zero attached hydrogens (tertiary/aromatic N) is 1. The third-order valence-electron chi connectivity index (χ3n) is 2.18. The summed E-state index contributed by atoms with van der Waals surface area (Å²) in [5, 5.41) is 2.72. The van der Waals surface area contributed by atoms with Crippen LogP contribution in [0.2, 0.25) is 0 Å². The Balaban J connectivity index is 2.40. The fraction of sp³-hybridized carbons (Fsp3) is 0.500. The summed E-state index contributed by atoms with van der Waals surface area (Å²) in [6.45, 7) is 4.68. The van der Waals surface area contributed by atoms with Crippen molar-refractivity contribution in [2.24, 2.45) is 0 Å². The Bertz CT molecular complexity index is 383. The highest BCUT2D eigenvalue weighted by Gasteiger charge is 2.06. The number of halogens is 1. The van der Waals surface area contributed by atoms with Crippen molar-refractivity contribution >= 4 is 27.7 Å². The van der Waals surface area contributed by atoms with Gasteiger partial charge in [-0.2, -0.15) is 0 Å². The first-order chi connectivity index (χ1) is 8.13. The van der Waals surface area contributed by atoms with Crippen LogP contribution < -0.4 is 5.32 Å². The maximum Gasteiger partial charge on any atom is 0.251 e. The molecule has 4 nitrogen and oxygen atoms in total. The maximum absolute atomic E-state index is 11.5. The Labute approximate surface area is 110 Å². The summed E-state index contributed by atoms with van der Waals surface area (Å²) >= 11 is 3.32. The Morgan fingerprint density at radius 3 is 3.00 bits per heavy atom. The van der Waals surface area contributed by atoms with E-state index in [-0.39, 0.29) is 12.5 Å². The third kappa shape index (κ3) is 5.28. The predicted octanol–water partition coefficient (Wildman–Crippen LogP) is 2.91. The van der Waals surface area contributed by atoms with Crippen molar-refractivity contribution in [2.45, 2.75) is 26.7 Å². The van der Waals surface area contributed by atoms with Gasteiger partial charge < -0.3 is 10.1 Å². The molecule has 1 rings (SSSR count). The zero-order valence-electron chi connectivity index (χ0n) is 10.1. The van der Waals surface area contributed by atoms with Crippen LogP contribution in [0, 0.1) is 6.92 Å². The first kappa shape index (κ1) is 14.1. The summed E-state index contributed by atoms with van der Waals surface area (Å²) in [5.41, 5.74) is 0.918. The number of carbonyl (C=O) groups excluding carboxylic acids is 1. The predicted molar refractivity (Wildman–Crippen MR) is 71.0 cm³/mol. The van der Waals surface area contributed by atoms with Crippen LogP contribution >= 0.6 is 15.9 Å². The lowest BCUT2D eigenvalue weighted by molar-refractivity contribution is -0.120. The lowest BCUT2D eigenvalue weighted by Gasteiger charge is -2.07. The van der Waals surface area contributed by atoms with Crippen molar-refractivity contribution < 1.29 is 9.53 Å². The molecular formula is C12H17BrN2O2. The van der Waals surface area contributed by atoms with E-state index in [4.69, 9.17) is 4.74 Å². The number of anilines is 1. The number of aromatic nitrogens is 1. The van der Waals surface area contributed by atoms with Crippen LogP contribution in [0.1, 0.15) is 25.3 Å². The van der Waals surface area contributed by atoms with Crippen LogP contribution in [-0.4, -0.2) is 24.1 Å². The molecule has 0 bridgehead atoms. The van der Waals surface area contributed by atoms with Crippen molar-refractivity contribution in [3.05, 3.63) is 22.3 Å². The first-order valence-corrected chi connectivity index (χ1v) is 6.42. The van der Waals surface area contributed by atoms with Gasteiger partial charge in [0, 0.05) is 17.3 Å². The van der Waals surface area contributed by atoms with Gasteiger partial charge in [-0.15, -0.1) is 0 Å². The summed E-state index contributed by atoms with van der Waals surface area (Å²) in [6.07, 6.45) is 3.69. The average Bonchev–Trinajstić information content (AvgIpc) is 2.28. The highest BCUT2D eigenvalue weighted by molar-refractivity contribution is 9.10. The van der Waals surface area contributed by atoms with Gasteiger partial charge in [-0.3, -0.25) is 4.79 Å². The largest absolute Gasteiger partial charge is 0.372 e. The first-order valence-electron chi connectivity index (χ1n) is 5.63. The molecule has 1 N–H and O–H groups in total. The maximum atomic E-state index is 11.5. The molecule has 17 heavy (non-hydrogen) atoms. The fourth-order valence-electron chi connectivity index (χ4n) is 1.25. The van der Waals surface area contributed by atoms with E-state index in [0.29, 0.717) is 12.4 Å². The number of ether oxygens (including phenoxy) is 1. The van der Waals surface area contributed by atoms with Gasteiger partial charge in [0.1, 0.15) is 12.4 Å². The molecule has 0 atom stereocenters. The molecule has 0 fully saturated rings. The molecule has 0 aliphatic heterocycles. The Morgan fingerprint density at radius 2 is 2.35 bits per heavy atom. The minimum atomic E-state index is -0.168. The molecule has 0 aliphatic rings. The highest BCUT2D eigenvalue weighted by atomic mass is 79.9. The fourth-order valence-corrected chi connectivity index (χ4v) is 1.70. The van der Waals surface area contributed by atoms with E-state index in [1.807, 2.05) is 13.0 Å². The number of pyridine rings is 1. The number of amides is 1. The summed E-state index contributed by atoms with van der Waals surface area (Å²) in [7, 11) is 0. The van der Waals surface area contributed by atoms with E-state index in [9.17, 15) is 4.79 Å². The molecule has 0 saturated heterocycles. The van der Waals surface area contributed by atoms with E-state index < -0.39 is 0 Å². The average molecular weight is 301 g/mol. The number of aryl methyl sites for hydroxylation is 1. The number of nitrogens with one attached hydrogen (secondary N) is 1. The normalized spacial score (nSPS) is 10.3. The molecule has 94 valence electrons. The second-order valence-corrected chi connectivity index (χ2v) is 4.69. The summed E-state index contributed by atoms with van der Waals surface area (Å²) in [4.78, 5) is 15.7. The van der Waals surface area contributed by atoms with E-state index in [2.05, 4.69) is 33.2 Å². The molecule has 1 heterocycles. The van der Waals surface area contributed by atoms with Gasteiger partial charge in [0.2, 0.25) is 0 Å². The molecular weight excluding hydrogens is 284 g/mol. The van der Waals surface area contributed by atoms with E-state index in [1.165, 1.54) is 0 Å². The van der Waals surface area contributed by atoms with Crippen LogP contribution in [0.4, 0.5) is 5.82 Å². The standard InChI is InChI=1S/C12H17BrN2O2/c1-3-4-5-17-8-11(16)15-12-9(2)6-10(13)7-14-12/h6-7H,3-5,8H2,1-2H3,(H,14,15,16). The van der Waals surface area contributed by atoms with Crippen LogP contribution in [-0.2, 0) is 9.53 Å². The van der Waals surface area contributed by atoms with Crippen LogP contribution in [0.5, 0.6) is 0 Å². The lowest BCUT2D eigenvalue weighted by atomic mass is 10.3. The molecule has 0 aromatic carbocycles. The summed E-state index contributed by atoms with van der Waals surface area (Å²) in [5.74, 6) is 0.413. The second kappa shape index (κ2) is 7.40. The van der Waals surface area contributed by atoms with Crippen molar-refractivity contribution in [1.82, 2.24) is 4.98 Å². The number of unbranched alkanes of at least 4 members (excludes halogenated alkanes) is 1. The monoisotopic (exact) mass is 300 g/mol. The van der Waals surface area contributed by atoms with Gasteiger partial charge in [-0.05, 0) is 40.9 Å². The molecule has 0 spiro atoms. The van der Waals surface area contributed by atoms with E-state index >= 15 is 0 Å². The smallest absolute Gasteiger partial charge is 0.251 e. The van der Waals surface area contributed by atoms with Gasteiger partial charge in [-0.1, -0.05) is 13.3 Å². The molecule has 0 aliphatic carbocycles. The van der Waals surface area contributed by atoms with Crippen LogP contribution in [0.3, 0.4) is 0 Å². The van der Waals surface area contributed by atoms with Crippen LogP contribution in [0.15, 0.2) is 16.7 Å². The van der Waals surface area contributed by atoms with Crippen molar-refractivity contribution in [2.75, 3.05) is 18.5 Å². The number of rotatable bonds is 6. The Kier molecular flexibility index (Phi) is 6.15. The van der Waals surface area contributed by atoms with Crippen molar-refractivity contribution in [3.8, 4) is 0 Å². The Morgan fingerprint density at radius 1 is 1.59 bits per heavy atom. The highest BCUT2D eigenvalue weighted by Crippen LogP contribution is 2.16. The molecule has 0 radical (unpaired) electrons. The van der Waals surface area contributed by atoms with Gasteiger partial charge in [0.05, 0.1) is 0 Å². The van der Waals surface area contributed by atoms with Crippen molar-refractivity contribution in [3.63, 3.8) is 0 Å².